The Kier molecular flexibility index (Phi) is 3.76. The third kappa shape index (κ3) is 3.10. The highest BCUT2D eigenvalue weighted by atomic mass is 15.2. The number of fused-ring (bicyclic) bond motifs is 1. The number of nitrogens with zero attached hydrogens (tertiary/aromatic N) is 2. The molecule has 2 aliphatic rings. The average molecular weight is 259 g/mol. The minimum Gasteiger partial charge on any atom is -0.382 e. The zero-order valence-corrected chi connectivity index (χ0v) is 12.2. The molecule has 1 atom stereocenters. The Hall–Kier alpha value is -1.06. The molecule has 0 radical (unpaired) electrons. The van der Waals surface area contributed by atoms with Crippen LogP contribution in [-0.2, 0) is 12.8 Å². The van der Waals surface area contributed by atoms with Crippen LogP contribution >= 0.6 is 0 Å². The van der Waals surface area contributed by atoms with Crippen LogP contribution < -0.4 is 5.32 Å². The number of rotatable bonds is 3. The first-order chi connectivity index (χ1) is 9.20. The minimum atomic E-state index is 0.600. The number of piperazine rings is 1. The summed E-state index contributed by atoms with van der Waals surface area (Å²) in [5.41, 5.74) is 4.34. The molecular weight excluding hydrogens is 234 g/mol. The van der Waals surface area contributed by atoms with Crippen LogP contribution in [0.5, 0.6) is 0 Å². The molecule has 0 bridgehead atoms. The molecule has 0 saturated carbocycles. The predicted molar refractivity (Wildman–Crippen MR) is 80.9 cm³/mol. The second-order valence-corrected chi connectivity index (χ2v) is 6.14. The second-order valence-electron chi connectivity index (χ2n) is 6.14. The lowest BCUT2D eigenvalue weighted by molar-refractivity contribution is 0.155. The van der Waals surface area contributed by atoms with Gasteiger partial charge in [-0.15, -0.1) is 0 Å². The standard InChI is InChI=1S/C16H25N3/c1-13-11-15-12-14(3-4-16(15)17-13)5-6-19-9-7-18(2)8-10-19/h3-4,12-13,17H,5-11H2,1-2H3. The highest BCUT2D eigenvalue weighted by molar-refractivity contribution is 5.57. The van der Waals surface area contributed by atoms with Crippen LogP contribution in [0.25, 0.3) is 0 Å². The zero-order chi connectivity index (χ0) is 13.2. The van der Waals surface area contributed by atoms with Gasteiger partial charge in [-0.3, -0.25) is 0 Å². The zero-order valence-electron chi connectivity index (χ0n) is 12.2. The molecule has 0 aliphatic carbocycles. The number of likely N-dealkylation sites (N-methyl/N-ethyl adjacent to an activating group) is 1. The molecule has 2 aliphatic heterocycles. The fourth-order valence-electron chi connectivity index (χ4n) is 3.12. The van der Waals surface area contributed by atoms with E-state index >= 15 is 0 Å². The van der Waals surface area contributed by atoms with E-state index in [4.69, 9.17) is 0 Å². The first-order valence-corrected chi connectivity index (χ1v) is 7.50. The van der Waals surface area contributed by atoms with Gasteiger partial charge in [0.25, 0.3) is 0 Å². The van der Waals surface area contributed by atoms with E-state index in [0.29, 0.717) is 6.04 Å². The third-order valence-corrected chi connectivity index (χ3v) is 4.41. The largest absolute Gasteiger partial charge is 0.382 e. The Morgan fingerprint density at radius 2 is 2.00 bits per heavy atom. The maximum Gasteiger partial charge on any atom is 0.0375 e. The smallest absolute Gasteiger partial charge is 0.0375 e. The molecular formula is C16H25N3. The molecule has 2 heterocycles. The van der Waals surface area contributed by atoms with E-state index in [1.807, 2.05) is 0 Å². The van der Waals surface area contributed by atoms with Gasteiger partial charge in [0.15, 0.2) is 0 Å². The number of anilines is 1. The Balaban J connectivity index is 1.55. The fraction of sp³-hybridized carbons (Fsp3) is 0.625. The van der Waals surface area contributed by atoms with E-state index in [-0.39, 0.29) is 0 Å². The molecule has 1 aromatic rings. The molecule has 0 spiro atoms. The van der Waals surface area contributed by atoms with Gasteiger partial charge in [0.1, 0.15) is 0 Å². The summed E-state index contributed by atoms with van der Waals surface area (Å²) >= 11 is 0. The van der Waals surface area contributed by atoms with Gasteiger partial charge in [-0.25, -0.2) is 0 Å². The van der Waals surface area contributed by atoms with Crippen LogP contribution in [0, 0.1) is 0 Å². The van der Waals surface area contributed by atoms with Crippen molar-refractivity contribution in [1.82, 2.24) is 9.80 Å². The summed E-state index contributed by atoms with van der Waals surface area (Å²) in [6.45, 7) is 8.33. The Labute approximate surface area is 116 Å². The maximum atomic E-state index is 3.52. The van der Waals surface area contributed by atoms with Crippen molar-refractivity contribution in [3.8, 4) is 0 Å². The molecule has 1 aromatic carbocycles. The van der Waals surface area contributed by atoms with Crippen LogP contribution in [0.3, 0.4) is 0 Å². The molecule has 1 fully saturated rings. The highest BCUT2D eigenvalue weighted by Gasteiger charge is 2.17. The summed E-state index contributed by atoms with van der Waals surface area (Å²) in [6.07, 6.45) is 2.36. The van der Waals surface area contributed by atoms with E-state index in [1.165, 1.54) is 62.4 Å². The van der Waals surface area contributed by atoms with Gasteiger partial charge in [-0.05, 0) is 44.0 Å². The summed E-state index contributed by atoms with van der Waals surface area (Å²) in [6, 6.07) is 7.56. The highest BCUT2D eigenvalue weighted by Crippen LogP contribution is 2.26. The normalized spacial score (nSPS) is 24.2. The van der Waals surface area contributed by atoms with Gasteiger partial charge in [0.2, 0.25) is 0 Å². The van der Waals surface area contributed by atoms with Gasteiger partial charge < -0.3 is 15.1 Å². The van der Waals surface area contributed by atoms with Crippen molar-refractivity contribution in [1.29, 1.82) is 0 Å². The van der Waals surface area contributed by atoms with Crippen LogP contribution in [-0.4, -0.2) is 55.6 Å². The monoisotopic (exact) mass is 259 g/mol. The molecule has 1 saturated heterocycles. The lowest BCUT2D eigenvalue weighted by Crippen LogP contribution is -2.45. The van der Waals surface area contributed by atoms with Crippen LogP contribution in [0.15, 0.2) is 18.2 Å². The van der Waals surface area contributed by atoms with Crippen molar-refractivity contribution < 1.29 is 0 Å². The number of benzene rings is 1. The Morgan fingerprint density at radius 1 is 1.21 bits per heavy atom. The van der Waals surface area contributed by atoms with Crippen molar-refractivity contribution >= 4 is 5.69 Å². The van der Waals surface area contributed by atoms with Gasteiger partial charge in [0, 0.05) is 44.5 Å². The molecule has 1 N–H and O–H groups in total. The van der Waals surface area contributed by atoms with Crippen LogP contribution in [0.2, 0.25) is 0 Å². The fourth-order valence-corrected chi connectivity index (χ4v) is 3.12. The second kappa shape index (κ2) is 5.51. The summed E-state index contributed by atoms with van der Waals surface area (Å²) in [4.78, 5) is 5.01. The molecule has 3 nitrogen and oxygen atoms in total. The molecule has 0 aromatic heterocycles. The molecule has 3 rings (SSSR count). The van der Waals surface area contributed by atoms with Crippen molar-refractivity contribution in [2.75, 3.05) is 45.1 Å². The quantitative estimate of drug-likeness (QED) is 0.893. The average Bonchev–Trinajstić information content (AvgIpc) is 2.77. The Morgan fingerprint density at radius 3 is 2.79 bits per heavy atom. The number of nitrogens with one attached hydrogen (secondary N) is 1. The first kappa shape index (κ1) is 12.9. The van der Waals surface area contributed by atoms with Gasteiger partial charge in [0.05, 0.1) is 0 Å². The summed E-state index contributed by atoms with van der Waals surface area (Å²) in [7, 11) is 2.21. The van der Waals surface area contributed by atoms with E-state index in [1.54, 1.807) is 0 Å². The van der Waals surface area contributed by atoms with Gasteiger partial charge in [-0.2, -0.15) is 0 Å². The van der Waals surface area contributed by atoms with E-state index in [9.17, 15) is 0 Å². The summed E-state index contributed by atoms with van der Waals surface area (Å²) < 4.78 is 0. The van der Waals surface area contributed by atoms with Crippen LogP contribution in [0.4, 0.5) is 5.69 Å². The van der Waals surface area contributed by atoms with Crippen molar-refractivity contribution in [2.24, 2.45) is 0 Å². The van der Waals surface area contributed by atoms with Crippen molar-refractivity contribution in [3.63, 3.8) is 0 Å². The van der Waals surface area contributed by atoms with Gasteiger partial charge in [-0.1, -0.05) is 12.1 Å². The van der Waals surface area contributed by atoms with Crippen molar-refractivity contribution in [2.45, 2.75) is 25.8 Å². The van der Waals surface area contributed by atoms with Crippen LogP contribution in [0.1, 0.15) is 18.1 Å². The SMILES string of the molecule is CC1Cc2cc(CCN3CCN(C)CC3)ccc2N1. The van der Waals surface area contributed by atoms with Gasteiger partial charge >= 0.3 is 0 Å². The molecule has 19 heavy (non-hydrogen) atoms. The molecule has 3 heteroatoms. The third-order valence-electron chi connectivity index (χ3n) is 4.41. The Bertz CT molecular complexity index is 436. The first-order valence-electron chi connectivity index (χ1n) is 7.50. The summed E-state index contributed by atoms with van der Waals surface area (Å²) in [5.74, 6) is 0. The maximum absolute atomic E-state index is 3.52. The lowest BCUT2D eigenvalue weighted by atomic mass is 10.0. The molecule has 104 valence electrons. The summed E-state index contributed by atoms with van der Waals surface area (Å²) in [5, 5.41) is 3.52. The topological polar surface area (TPSA) is 18.5 Å². The molecule has 1 unspecified atom stereocenters. The molecule has 0 amide bonds. The number of hydrogen-bond acceptors (Lipinski definition) is 3. The van der Waals surface area contributed by atoms with E-state index < -0.39 is 0 Å². The van der Waals surface area contributed by atoms with E-state index in [2.05, 4.69) is 47.3 Å². The van der Waals surface area contributed by atoms with E-state index in [0.717, 1.165) is 0 Å². The lowest BCUT2D eigenvalue weighted by Gasteiger charge is -2.32. The number of hydrogen-bond donors (Lipinski definition) is 1. The van der Waals surface area contributed by atoms with Crippen molar-refractivity contribution in [3.05, 3.63) is 29.3 Å². The predicted octanol–water partition coefficient (Wildman–Crippen LogP) is 1.83. The minimum absolute atomic E-state index is 0.600.